The zero-order valence-electron chi connectivity index (χ0n) is 25.6. The quantitative estimate of drug-likeness (QED) is 0.219. The summed E-state index contributed by atoms with van der Waals surface area (Å²) in [4.78, 5) is 32.2. The van der Waals surface area contributed by atoms with Crippen LogP contribution in [0.5, 0.6) is 11.5 Å². The molecule has 1 saturated heterocycles. The number of carbonyl (C=O) groups is 2. The molecule has 3 heterocycles. The Morgan fingerprint density at radius 1 is 0.723 bits per heavy atom. The zero-order chi connectivity index (χ0) is 32.2. The van der Waals surface area contributed by atoms with Crippen LogP contribution in [0.4, 0.5) is 10.2 Å². The van der Waals surface area contributed by atoms with Crippen molar-refractivity contribution in [1.82, 2.24) is 20.0 Å². The molecule has 7 rings (SSSR count). The summed E-state index contributed by atoms with van der Waals surface area (Å²) in [6.07, 6.45) is 0. The maximum Gasteiger partial charge on any atom is 0.257 e. The van der Waals surface area contributed by atoms with Crippen LogP contribution < -0.4 is 14.4 Å². The van der Waals surface area contributed by atoms with Crippen molar-refractivity contribution < 1.29 is 23.5 Å². The van der Waals surface area contributed by atoms with Gasteiger partial charge in [0.25, 0.3) is 5.91 Å². The molecule has 0 saturated carbocycles. The molecule has 1 fully saturated rings. The average Bonchev–Trinajstić information content (AvgIpc) is 3.60. The molecule has 5 aromatic rings. The molecule has 2 amide bonds. The molecule has 9 nitrogen and oxygen atoms in total. The van der Waals surface area contributed by atoms with Crippen LogP contribution in [-0.4, -0.2) is 71.3 Å². The van der Waals surface area contributed by atoms with Crippen molar-refractivity contribution >= 4 is 17.6 Å². The Morgan fingerprint density at radius 2 is 1.43 bits per heavy atom. The number of halogens is 1. The molecule has 0 bridgehead atoms. The number of rotatable bonds is 8. The van der Waals surface area contributed by atoms with Crippen molar-refractivity contribution in [2.75, 3.05) is 44.4 Å². The Balaban J connectivity index is 0.988. The highest BCUT2D eigenvalue weighted by Gasteiger charge is 2.28. The van der Waals surface area contributed by atoms with Crippen molar-refractivity contribution in [3.05, 3.63) is 126 Å². The molecule has 236 valence electrons. The fourth-order valence-electron chi connectivity index (χ4n) is 5.82. The van der Waals surface area contributed by atoms with Crippen LogP contribution in [0.1, 0.15) is 15.9 Å². The number of nitrogens with zero attached hydrogens (tertiary/aromatic N) is 5. The van der Waals surface area contributed by atoms with Gasteiger partial charge in [0.2, 0.25) is 12.7 Å². The smallest absolute Gasteiger partial charge is 0.257 e. The number of piperazine rings is 1. The van der Waals surface area contributed by atoms with Crippen molar-refractivity contribution in [3.63, 3.8) is 0 Å². The second-order valence-corrected chi connectivity index (χ2v) is 11.4. The molecule has 0 atom stereocenters. The van der Waals surface area contributed by atoms with Gasteiger partial charge in [0.15, 0.2) is 17.3 Å². The Labute approximate surface area is 271 Å². The fraction of sp³-hybridized carbons (Fsp3) is 0.189. The van der Waals surface area contributed by atoms with E-state index in [1.807, 2.05) is 48.5 Å². The number of aromatic nitrogens is 2. The topological polar surface area (TPSA) is 88.1 Å². The van der Waals surface area contributed by atoms with Gasteiger partial charge in [-0.3, -0.25) is 9.59 Å². The van der Waals surface area contributed by atoms with Crippen LogP contribution in [0.3, 0.4) is 0 Å². The van der Waals surface area contributed by atoms with Crippen LogP contribution in [0.15, 0.2) is 109 Å². The Bertz CT molecular complexity index is 1880. The first kappa shape index (κ1) is 29.9. The number of ether oxygens (including phenoxy) is 2. The summed E-state index contributed by atoms with van der Waals surface area (Å²) < 4.78 is 25.5. The van der Waals surface area contributed by atoms with Gasteiger partial charge in [-0.2, -0.15) is 0 Å². The molecular formula is C37H32FN5O4. The van der Waals surface area contributed by atoms with Crippen LogP contribution in [0, 0.1) is 5.82 Å². The molecule has 47 heavy (non-hydrogen) atoms. The van der Waals surface area contributed by atoms with Crippen LogP contribution in [-0.2, 0) is 11.3 Å². The fourth-order valence-corrected chi connectivity index (χ4v) is 5.82. The van der Waals surface area contributed by atoms with Gasteiger partial charge < -0.3 is 24.2 Å². The summed E-state index contributed by atoms with van der Waals surface area (Å²) >= 11 is 0. The number of carbonyl (C=O) groups excluding carboxylic acids is 2. The molecule has 1 aromatic heterocycles. The van der Waals surface area contributed by atoms with Gasteiger partial charge in [-0.15, -0.1) is 10.2 Å². The summed E-state index contributed by atoms with van der Waals surface area (Å²) in [5.74, 6) is 0.520. The van der Waals surface area contributed by atoms with Crippen molar-refractivity contribution in [3.8, 4) is 33.9 Å². The van der Waals surface area contributed by atoms with E-state index in [0.717, 1.165) is 33.8 Å². The highest BCUT2D eigenvalue weighted by atomic mass is 19.1. The maximum absolute atomic E-state index is 14.6. The third-order valence-electron chi connectivity index (χ3n) is 8.42. The Kier molecular flexibility index (Phi) is 8.46. The van der Waals surface area contributed by atoms with E-state index in [9.17, 15) is 14.0 Å². The lowest BCUT2D eigenvalue weighted by molar-refractivity contribution is -0.132. The largest absolute Gasteiger partial charge is 0.454 e. The van der Waals surface area contributed by atoms with Crippen molar-refractivity contribution in [2.24, 2.45) is 0 Å². The third-order valence-corrected chi connectivity index (χ3v) is 8.42. The number of anilines is 1. The van der Waals surface area contributed by atoms with E-state index < -0.39 is 11.7 Å². The number of benzene rings is 4. The molecular weight excluding hydrogens is 597 g/mol. The number of hydrogen-bond donors (Lipinski definition) is 0. The van der Waals surface area contributed by atoms with E-state index in [0.29, 0.717) is 37.7 Å². The van der Waals surface area contributed by atoms with E-state index in [1.54, 1.807) is 23.1 Å². The SMILES string of the molecule is O=C(CN(Cc1ccc2c(c1)OCO2)C(=O)c1ccccc1F)N1CCN(c2ccc(-c3ccc(-c4ccccc4)cc3)nn2)CC1. The van der Waals surface area contributed by atoms with Crippen LogP contribution in [0.25, 0.3) is 22.4 Å². The molecule has 0 spiro atoms. The van der Waals surface area contributed by atoms with Crippen LogP contribution in [0.2, 0.25) is 0 Å². The van der Waals surface area contributed by atoms with E-state index in [-0.39, 0.29) is 31.4 Å². The van der Waals surface area contributed by atoms with Gasteiger partial charge in [0.1, 0.15) is 12.4 Å². The van der Waals surface area contributed by atoms with Gasteiger partial charge >= 0.3 is 0 Å². The summed E-state index contributed by atoms with van der Waals surface area (Å²) in [5.41, 5.74) is 4.72. The second-order valence-electron chi connectivity index (χ2n) is 11.4. The first-order chi connectivity index (χ1) is 23.0. The second kappa shape index (κ2) is 13.3. The van der Waals surface area contributed by atoms with E-state index >= 15 is 0 Å². The molecule has 0 unspecified atom stereocenters. The molecule has 10 heteroatoms. The number of amides is 2. The standard InChI is InChI=1S/C37H32FN5O4/c38-31-9-5-4-8-30(31)37(45)43(23-26-10-16-33-34(22-26)47-25-46-33)24-36(44)42-20-18-41(19-21-42)35-17-15-32(39-40-35)29-13-11-28(12-14-29)27-6-2-1-3-7-27/h1-17,22H,18-21,23-25H2. The molecule has 0 aliphatic carbocycles. The van der Waals surface area contributed by atoms with Gasteiger partial charge in [-0.1, -0.05) is 72.8 Å². The maximum atomic E-state index is 14.6. The average molecular weight is 630 g/mol. The minimum atomic E-state index is -0.634. The van der Waals surface area contributed by atoms with Crippen molar-refractivity contribution in [1.29, 1.82) is 0 Å². The Hall–Kier alpha value is -5.77. The number of fused-ring (bicyclic) bond motifs is 1. The minimum absolute atomic E-state index is 0.0833. The minimum Gasteiger partial charge on any atom is -0.454 e. The molecule has 2 aliphatic heterocycles. The molecule has 0 radical (unpaired) electrons. The first-order valence-electron chi connectivity index (χ1n) is 15.5. The van der Waals surface area contributed by atoms with Gasteiger partial charge in [0.05, 0.1) is 11.3 Å². The lowest BCUT2D eigenvalue weighted by Crippen LogP contribution is -2.52. The number of hydrogen-bond acceptors (Lipinski definition) is 7. The Morgan fingerprint density at radius 3 is 2.17 bits per heavy atom. The normalized spacial score (nSPS) is 13.8. The molecule has 0 N–H and O–H groups in total. The monoisotopic (exact) mass is 629 g/mol. The van der Waals surface area contributed by atoms with E-state index in [1.165, 1.54) is 23.1 Å². The van der Waals surface area contributed by atoms with Gasteiger partial charge in [-0.05, 0) is 53.1 Å². The highest BCUT2D eigenvalue weighted by Crippen LogP contribution is 2.33. The zero-order valence-corrected chi connectivity index (χ0v) is 25.6. The van der Waals surface area contributed by atoms with Crippen LogP contribution >= 0.6 is 0 Å². The van der Waals surface area contributed by atoms with Crippen molar-refractivity contribution in [2.45, 2.75) is 6.54 Å². The predicted molar refractivity (Wildman–Crippen MR) is 175 cm³/mol. The highest BCUT2D eigenvalue weighted by molar-refractivity contribution is 5.96. The molecule has 4 aromatic carbocycles. The lowest BCUT2D eigenvalue weighted by Gasteiger charge is -2.36. The van der Waals surface area contributed by atoms with E-state index in [2.05, 4.69) is 39.4 Å². The van der Waals surface area contributed by atoms with E-state index in [4.69, 9.17) is 9.47 Å². The summed E-state index contributed by atoms with van der Waals surface area (Å²) in [6.45, 7) is 2.07. The summed E-state index contributed by atoms with van der Waals surface area (Å²) in [6, 6.07) is 33.5. The first-order valence-corrected chi connectivity index (χ1v) is 15.5. The summed E-state index contributed by atoms with van der Waals surface area (Å²) in [7, 11) is 0. The lowest BCUT2D eigenvalue weighted by atomic mass is 10.0. The third kappa shape index (κ3) is 6.62. The summed E-state index contributed by atoms with van der Waals surface area (Å²) in [5, 5.41) is 8.95. The van der Waals surface area contributed by atoms with Gasteiger partial charge in [0, 0.05) is 38.3 Å². The predicted octanol–water partition coefficient (Wildman–Crippen LogP) is 5.67. The van der Waals surface area contributed by atoms with Gasteiger partial charge in [-0.25, -0.2) is 4.39 Å². The molecule has 2 aliphatic rings.